The largest absolute Gasteiger partial charge is 0.573 e. The van der Waals surface area contributed by atoms with Gasteiger partial charge in [-0.1, -0.05) is 57.6 Å². The summed E-state index contributed by atoms with van der Waals surface area (Å²) in [7, 11) is 0. The first kappa shape index (κ1) is 23.7. The van der Waals surface area contributed by atoms with Crippen molar-refractivity contribution in [1.29, 1.82) is 0 Å². The standard InChI is InChI=1S/C23H31F5O/c1-2-3-4-5-6-7-8-17-9-11-18(12-10-17)13-14-19-15-20(24)22(21(25)16-19)29-23(26,27)28/h3-4,15-18H,2,5-14H2,1H3/b4-3+/t17-,18-. The lowest BCUT2D eigenvalue weighted by molar-refractivity contribution is -0.276. The molecule has 0 amide bonds. The maximum absolute atomic E-state index is 13.8. The SMILES string of the molecule is CC/C=C/CCCC[C@H]1CC[C@H](CCc2cc(F)c(OC(F)(F)F)c(F)c2)CC1. The summed E-state index contributed by atoms with van der Waals surface area (Å²) in [5, 5.41) is 0. The number of alkyl halides is 3. The van der Waals surface area contributed by atoms with Crippen LogP contribution in [-0.2, 0) is 6.42 Å². The Labute approximate surface area is 170 Å². The number of ether oxygens (including phenoxy) is 1. The van der Waals surface area contributed by atoms with Crippen LogP contribution in [0.15, 0.2) is 24.3 Å². The molecule has 2 rings (SSSR count). The van der Waals surface area contributed by atoms with Gasteiger partial charge in [0.25, 0.3) is 0 Å². The Kier molecular flexibility index (Phi) is 9.44. The van der Waals surface area contributed by atoms with Gasteiger partial charge in [-0.2, -0.15) is 0 Å². The summed E-state index contributed by atoms with van der Waals surface area (Å²) in [5.41, 5.74) is 0.372. The molecule has 0 N–H and O–H groups in total. The van der Waals surface area contributed by atoms with Crippen LogP contribution < -0.4 is 4.74 Å². The summed E-state index contributed by atoms with van der Waals surface area (Å²) in [4.78, 5) is 0. The smallest absolute Gasteiger partial charge is 0.399 e. The minimum atomic E-state index is -5.12. The molecule has 0 aromatic heterocycles. The first-order chi connectivity index (χ1) is 13.8. The molecule has 1 aromatic rings. The quantitative estimate of drug-likeness (QED) is 0.212. The third-order valence-corrected chi connectivity index (χ3v) is 5.72. The van der Waals surface area contributed by atoms with Gasteiger partial charge in [0, 0.05) is 0 Å². The molecule has 0 saturated heterocycles. The highest BCUT2D eigenvalue weighted by molar-refractivity contribution is 5.31. The lowest BCUT2D eigenvalue weighted by Crippen LogP contribution is -2.19. The van der Waals surface area contributed by atoms with Gasteiger partial charge >= 0.3 is 6.36 Å². The molecular weight excluding hydrogens is 387 g/mol. The summed E-state index contributed by atoms with van der Waals surface area (Å²) >= 11 is 0. The third kappa shape index (κ3) is 8.75. The number of rotatable bonds is 10. The summed E-state index contributed by atoms with van der Waals surface area (Å²) in [6, 6.07) is 1.89. The Morgan fingerprint density at radius 2 is 1.52 bits per heavy atom. The van der Waals surface area contributed by atoms with Crippen molar-refractivity contribution >= 4 is 0 Å². The van der Waals surface area contributed by atoms with E-state index in [4.69, 9.17) is 0 Å². The van der Waals surface area contributed by atoms with E-state index >= 15 is 0 Å². The second-order valence-corrected chi connectivity index (χ2v) is 8.03. The normalized spacial score (nSPS) is 20.3. The van der Waals surface area contributed by atoms with E-state index in [1.807, 2.05) is 0 Å². The first-order valence-corrected chi connectivity index (χ1v) is 10.7. The van der Waals surface area contributed by atoms with Crippen molar-refractivity contribution < 1.29 is 26.7 Å². The van der Waals surface area contributed by atoms with Gasteiger partial charge in [-0.05, 0) is 61.6 Å². The Bertz CT molecular complexity index is 622. The van der Waals surface area contributed by atoms with Gasteiger partial charge < -0.3 is 4.74 Å². The number of unbranched alkanes of at least 4 members (excludes halogenated alkanes) is 2. The van der Waals surface area contributed by atoms with Crippen LogP contribution >= 0.6 is 0 Å². The fourth-order valence-corrected chi connectivity index (χ4v) is 4.13. The molecule has 1 aliphatic carbocycles. The average Bonchev–Trinajstić information content (AvgIpc) is 2.66. The molecule has 6 heteroatoms. The molecule has 1 aromatic carbocycles. The van der Waals surface area contributed by atoms with Crippen molar-refractivity contribution in [3.63, 3.8) is 0 Å². The molecule has 1 nitrogen and oxygen atoms in total. The Hall–Kier alpha value is -1.59. The van der Waals surface area contributed by atoms with Gasteiger partial charge in [0.2, 0.25) is 5.75 Å². The van der Waals surface area contributed by atoms with Gasteiger partial charge in [-0.3, -0.25) is 0 Å². The molecule has 0 radical (unpaired) electrons. The lowest BCUT2D eigenvalue weighted by Gasteiger charge is -2.28. The average molecular weight is 418 g/mol. The highest BCUT2D eigenvalue weighted by Crippen LogP contribution is 2.35. The van der Waals surface area contributed by atoms with E-state index in [1.165, 1.54) is 32.1 Å². The van der Waals surface area contributed by atoms with Gasteiger partial charge in [-0.15, -0.1) is 13.2 Å². The maximum Gasteiger partial charge on any atom is 0.573 e. The summed E-state index contributed by atoms with van der Waals surface area (Å²) in [6.07, 6.45) is 11.2. The van der Waals surface area contributed by atoms with E-state index in [0.717, 1.165) is 50.2 Å². The number of aryl methyl sites for hydroxylation is 1. The maximum atomic E-state index is 13.8. The van der Waals surface area contributed by atoms with E-state index in [2.05, 4.69) is 23.8 Å². The summed E-state index contributed by atoms with van der Waals surface area (Å²) in [5.74, 6) is -2.72. The van der Waals surface area contributed by atoms with E-state index in [0.29, 0.717) is 17.9 Å². The van der Waals surface area contributed by atoms with E-state index in [-0.39, 0.29) is 0 Å². The Balaban J connectivity index is 1.71. The molecule has 0 unspecified atom stereocenters. The Morgan fingerprint density at radius 1 is 0.931 bits per heavy atom. The van der Waals surface area contributed by atoms with Crippen LogP contribution in [0.2, 0.25) is 0 Å². The lowest BCUT2D eigenvalue weighted by atomic mass is 9.78. The van der Waals surface area contributed by atoms with E-state index < -0.39 is 23.7 Å². The molecule has 1 aliphatic rings. The van der Waals surface area contributed by atoms with Gasteiger partial charge in [0.1, 0.15) is 0 Å². The molecule has 29 heavy (non-hydrogen) atoms. The monoisotopic (exact) mass is 418 g/mol. The van der Waals surface area contributed by atoms with E-state index in [1.54, 1.807) is 0 Å². The number of halogens is 5. The highest BCUT2D eigenvalue weighted by atomic mass is 19.4. The molecule has 1 saturated carbocycles. The van der Waals surface area contributed by atoms with Gasteiger partial charge in [-0.25, -0.2) is 8.78 Å². The predicted molar refractivity (Wildman–Crippen MR) is 105 cm³/mol. The van der Waals surface area contributed by atoms with Crippen molar-refractivity contribution in [1.82, 2.24) is 0 Å². The number of hydrogen-bond acceptors (Lipinski definition) is 1. The molecule has 0 spiro atoms. The molecule has 164 valence electrons. The minimum absolute atomic E-state index is 0.372. The summed E-state index contributed by atoms with van der Waals surface area (Å²) in [6.45, 7) is 2.14. The van der Waals surface area contributed by atoms with Crippen LogP contribution in [0.25, 0.3) is 0 Å². The van der Waals surface area contributed by atoms with E-state index in [9.17, 15) is 22.0 Å². The van der Waals surface area contributed by atoms with Crippen molar-refractivity contribution in [3.8, 4) is 5.75 Å². The van der Waals surface area contributed by atoms with Crippen molar-refractivity contribution in [2.45, 2.75) is 83.9 Å². The molecule has 0 aliphatic heterocycles. The van der Waals surface area contributed by atoms with Crippen molar-refractivity contribution in [3.05, 3.63) is 41.5 Å². The van der Waals surface area contributed by atoms with Crippen LogP contribution in [0.5, 0.6) is 5.75 Å². The van der Waals surface area contributed by atoms with Crippen molar-refractivity contribution in [2.75, 3.05) is 0 Å². The fourth-order valence-electron chi connectivity index (χ4n) is 4.13. The molecular formula is C23H31F5O. The molecule has 1 fully saturated rings. The Morgan fingerprint density at radius 3 is 2.07 bits per heavy atom. The van der Waals surface area contributed by atoms with Crippen LogP contribution in [0.4, 0.5) is 22.0 Å². The second kappa shape index (κ2) is 11.6. The predicted octanol–water partition coefficient (Wildman–Crippen LogP) is 8.13. The zero-order chi connectivity index (χ0) is 21.3. The van der Waals surface area contributed by atoms with Crippen molar-refractivity contribution in [2.24, 2.45) is 11.8 Å². The third-order valence-electron chi connectivity index (χ3n) is 5.72. The molecule has 0 heterocycles. The highest BCUT2D eigenvalue weighted by Gasteiger charge is 2.34. The summed E-state index contributed by atoms with van der Waals surface area (Å²) < 4.78 is 67.7. The molecule has 0 atom stereocenters. The number of allylic oxidation sites excluding steroid dienone is 2. The zero-order valence-corrected chi connectivity index (χ0v) is 17.0. The first-order valence-electron chi connectivity index (χ1n) is 10.7. The van der Waals surface area contributed by atoms with Crippen LogP contribution in [0.3, 0.4) is 0 Å². The fraction of sp³-hybridized carbons (Fsp3) is 0.652. The topological polar surface area (TPSA) is 9.23 Å². The second-order valence-electron chi connectivity index (χ2n) is 8.03. The van der Waals surface area contributed by atoms with Crippen LogP contribution in [0, 0.1) is 23.5 Å². The molecule has 0 bridgehead atoms. The minimum Gasteiger partial charge on any atom is -0.399 e. The van der Waals surface area contributed by atoms with Gasteiger partial charge in [0.15, 0.2) is 11.6 Å². The van der Waals surface area contributed by atoms with Gasteiger partial charge in [0.05, 0.1) is 0 Å². The van der Waals surface area contributed by atoms with Crippen LogP contribution in [0.1, 0.15) is 76.7 Å². The van der Waals surface area contributed by atoms with Crippen LogP contribution in [-0.4, -0.2) is 6.36 Å². The number of benzene rings is 1. The zero-order valence-electron chi connectivity index (χ0n) is 17.0. The number of hydrogen-bond donors (Lipinski definition) is 0.